The maximum Gasteiger partial charge on any atom is 0.124 e. The van der Waals surface area contributed by atoms with Gasteiger partial charge in [-0.3, -0.25) is 0 Å². The summed E-state index contributed by atoms with van der Waals surface area (Å²) in [7, 11) is 0. The first-order chi connectivity index (χ1) is 7.25. The fourth-order valence-electron chi connectivity index (χ4n) is 1.52. The third kappa shape index (κ3) is 3.92. The molecule has 2 nitrogen and oxygen atoms in total. The lowest BCUT2D eigenvalue weighted by atomic mass is 10.1. The molecule has 0 saturated heterocycles. The Balaban J connectivity index is 2.52. The van der Waals surface area contributed by atoms with Gasteiger partial charge >= 0.3 is 0 Å². The topological polar surface area (TPSA) is 35.2 Å². The van der Waals surface area contributed by atoms with Gasteiger partial charge in [0.05, 0.1) is 6.61 Å². The zero-order valence-corrected chi connectivity index (χ0v) is 9.70. The Hall–Kier alpha value is -1.02. The van der Waals surface area contributed by atoms with Crippen LogP contribution in [0.15, 0.2) is 24.3 Å². The van der Waals surface area contributed by atoms with E-state index in [0.29, 0.717) is 0 Å². The van der Waals surface area contributed by atoms with E-state index in [-0.39, 0.29) is 6.04 Å². The summed E-state index contributed by atoms with van der Waals surface area (Å²) in [6.07, 6.45) is 3.56. The molecule has 1 aromatic carbocycles. The maximum atomic E-state index is 5.86. The quantitative estimate of drug-likeness (QED) is 0.726. The van der Waals surface area contributed by atoms with Crippen molar-refractivity contribution in [2.45, 2.75) is 39.2 Å². The van der Waals surface area contributed by atoms with Crippen molar-refractivity contribution in [2.24, 2.45) is 5.73 Å². The molecule has 0 fully saturated rings. The average Bonchev–Trinajstić information content (AvgIpc) is 2.25. The first kappa shape index (κ1) is 12.1. The highest BCUT2D eigenvalue weighted by Crippen LogP contribution is 2.23. The van der Waals surface area contributed by atoms with E-state index in [4.69, 9.17) is 10.5 Å². The third-order valence-corrected chi connectivity index (χ3v) is 2.42. The number of hydrogen-bond acceptors (Lipinski definition) is 2. The highest BCUT2D eigenvalue weighted by molar-refractivity contribution is 5.35. The number of hydrogen-bond donors (Lipinski definition) is 1. The molecule has 0 saturated carbocycles. The molecule has 0 radical (unpaired) electrons. The Morgan fingerprint density at radius 3 is 2.67 bits per heavy atom. The Labute approximate surface area is 92.4 Å². The molecule has 1 atom stereocenters. The van der Waals surface area contributed by atoms with Gasteiger partial charge in [0.15, 0.2) is 0 Å². The van der Waals surface area contributed by atoms with Gasteiger partial charge in [-0.05, 0) is 19.4 Å². The lowest BCUT2D eigenvalue weighted by Crippen LogP contribution is -2.08. The Kier molecular flexibility index (Phi) is 5.19. The molecule has 0 heterocycles. The molecule has 1 aromatic rings. The molecule has 1 rings (SSSR count). The van der Waals surface area contributed by atoms with Crippen LogP contribution in [0.3, 0.4) is 0 Å². The molecule has 2 N–H and O–H groups in total. The normalized spacial score (nSPS) is 12.5. The monoisotopic (exact) mass is 207 g/mol. The molecule has 84 valence electrons. The number of unbranched alkanes of at least 4 members (excludes halogenated alkanes) is 2. The summed E-state index contributed by atoms with van der Waals surface area (Å²) in [4.78, 5) is 0. The summed E-state index contributed by atoms with van der Waals surface area (Å²) in [6.45, 7) is 4.96. The van der Waals surface area contributed by atoms with Crippen molar-refractivity contribution in [3.8, 4) is 5.75 Å². The second-order valence-corrected chi connectivity index (χ2v) is 3.88. The van der Waals surface area contributed by atoms with Gasteiger partial charge in [-0.2, -0.15) is 0 Å². The van der Waals surface area contributed by atoms with Crippen molar-refractivity contribution in [1.29, 1.82) is 0 Å². The van der Waals surface area contributed by atoms with Crippen LogP contribution in [0.25, 0.3) is 0 Å². The third-order valence-electron chi connectivity index (χ3n) is 2.42. The van der Waals surface area contributed by atoms with Crippen LogP contribution in [-0.2, 0) is 0 Å². The van der Waals surface area contributed by atoms with Crippen LogP contribution in [0.2, 0.25) is 0 Å². The SMILES string of the molecule is CCCCCOc1ccccc1[C@@H](C)N. The average molecular weight is 207 g/mol. The van der Waals surface area contributed by atoms with Crippen molar-refractivity contribution < 1.29 is 4.74 Å². The van der Waals surface area contributed by atoms with Crippen LogP contribution >= 0.6 is 0 Å². The number of ether oxygens (including phenoxy) is 1. The Bertz CT molecular complexity index is 284. The Morgan fingerprint density at radius 1 is 1.27 bits per heavy atom. The Morgan fingerprint density at radius 2 is 2.00 bits per heavy atom. The van der Waals surface area contributed by atoms with Crippen molar-refractivity contribution in [3.63, 3.8) is 0 Å². The molecule has 0 unspecified atom stereocenters. The molecule has 15 heavy (non-hydrogen) atoms. The highest BCUT2D eigenvalue weighted by atomic mass is 16.5. The molecule has 0 amide bonds. The van der Waals surface area contributed by atoms with Crippen LogP contribution in [0.5, 0.6) is 5.75 Å². The summed E-state index contributed by atoms with van der Waals surface area (Å²) >= 11 is 0. The summed E-state index contributed by atoms with van der Waals surface area (Å²) in [5, 5.41) is 0. The zero-order valence-electron chi connectivity index (χ0n) is 9.70. The van der Waals surface area contributed by atoms with Crippen molar-refractivity contribution in [1.82, 2.24) is 0 Å². The van der Waals surface area contributed by atoms with Gasteiger partial charge in [0.1, 0.15) is 5.75 Å². The number of para-hydroxylation sites is 1. The minimum Gasteiger partial charge on any atom is -0.493 e. The van der Waals surface area contributed by atoms with Gasteiger partial charge in [-0.15, -0.1) is 0 Å². The van der Waals surface area contributed by atoms with Gasteiger partial charge in [0.25, 0.3) is 0 Å². The molecule has 0 spiro atoms. The molecular weight excluding hydrogens is 186 g/mol. The van der Waals surface area contributed by atoms with E-state index in [9.17, 15) is 0 Å². The van der Waals surface area contributed by atoms with E-state index in [1.165, 1.54) is 12.8 Å². The van der Waals surface area contributed by atoms with Crippen LogP contribution < -0.4 is 10.5 Å². The van der Waals surface area contributed by atoms with E-state index in [1.807, 2.05) is 31.2 Å². The largest absolute Gasteiger partial charge is 0.493 e. The van der Waals surface area contributed by atoms with E-state index in [1.54, 1.807) is 0 Å². The molecule has 0 bridgehead atoms. The molecule has 0 aromatic heterocycles. The molecular formula is C13H21NO. The molecule has 0 aliphatic heterocycles. The van der Waals surface area contributed by atoms with E-state index in [0.717, 1.165) is 24.3 Å². The van der Waals surface area contributed by atoms with E-state index >= 15 is 0 Å². The predicted molar refractivity (Wildman–Crippen MR) is 64.1 cm³/mol. The van der Waals surface area contributed by atoms with Gasteiger partial charge in [-0.1, -0.05) is 38.0 Å². The van der Waals surface area contributed by atoms with E-state index < -0.39 is 0 Å². The second kappa shape index (κ2) is 6.46. The lowest BCUT2D eigenvalue weighted by Gasteiger charge is -2.13. The lowest BCUT2D eigenvalue weighted by molar-refractivity contribution is 0.302. The van der Waals surface area contributed by atoms with Gasteiger partial charge in [0.2, 0.25) is 0 Å². The highest BCUT2D eigenvalue weighted by Gasteiger charge is 2.06. The first-order valence-corrected chi connectivity index (χ1v) is 5.73. The van der Waals surface area contributed by atoms with Crippen LogP contribution in [0.1, 0.15) is 44.7 Å². The summed E-state index contributed by atoms with van der Waals surface area (Å²) in [6, 6.07) is 8.04. The summed E-state index contributed by atoms with van der Waals surface area (Å²) < 4.78 is 5.72. The van der Waals surface area contributed by atoms with Crippen molar-refractivity contribution >= 4 is 0 Å². The smallest absolute Gasteiger partial charge is 0.124 e. The van der Waals surface area contributed by atoms with Gasteiger partial charge in [-0.25, -0.2) is 0 Å². The van der Waals surface area contributed by atoms with Crippen molar-refractivity contribution in [2.75, 3.05) is 6.61 Å². The summed E-state index contributed by atoms with van der Waals surface area (Å²) in [5.41, 5.74) is 6.96. The van der Waals surface area contributed by atoms with Crippen LogP contribution in [0, 0.1) is 0 Å². The maximum absolute atomic E-state index is 5.86. The predicted octanol–water partition coefficient (Wildman–Crippen LogP) is 3.28. The minimum atomic E-state index is 0.0346. The minimum absolute atomic E-state index is 0.0346. The fraction of sp³-hybridized carbons (Fsp3) is 0.538. The number of benzene rings is 1. The van der Waals surface area contributed by atoms with Gasteiger partial charge in [0, 0.05) is 11.6 Å². The standard InChI is InChI=1S/C13H21NO/c1-3-4-7-10-15-13-9-6-5-8-12(13)11(2)14/h5-6,8-9,11H,3-4,7,10,14H2,1-2H3/t11-/m1/s1. The molecule has 0 aliphatic rings. The fourth-order valence-corrected chi connectivity index (χ4v) is 1.52. The summed E-state index contributed by atoms with van der Waals surface area (Å²) in [5.74, 6) is 0.934. The van der Waals surface area contributed by atoms with Gasteiger partial charge < -0.3 is 10.5 Å². The number of nitrogens with two attached hydrogens (primary N) is 1. The first-order valence-electron chi connectivity index (χ1n) is 5.73. The van der Waals surface area contributed by atoms with E-state index in [2.05, 4.69) is 6.92 Å². The van der Waals surface area contributed by atoms with Crippen LogP contribution in [0.4, 0.5) is 0 Å². The second-order valence-electron chi connectivity index (χ2n) is 3.88. The van der Waals surface area contributed by atoms with Crippen molar-refractivity contribution in [3.05, 3.63) is 29.8 Å². The molecule has 0 aliphatic carbocycles. The zero-order chi connectivity index (χ0) is 11.1. The van der Waals surface area contributed by atoms with Crippen LogP contribution in [-0.4, -0.2) is 6.61 Å². The number of rotatable bonds is 6. The molecule has 2 heteroatoms.